The van der Waals surface area contributed by atoms with E-state index < -0.39 is 24.7 Å². The fraction of sp³-hybridized carbons (Fsp3) is 0.333. The maximum absolute atomic E-state index is 12.2. The Kier molecular flexibility index (Phi) is 3.70. The molecule has 88 valence electrons. The maximum atomic E-state index is 12.2. The number of hydrogen-bond acceptors (Lipinski definition) is 3. The third-order valence-electron chi connectivity index (χ3n) is 1.74. The third kappa shape index (κ3) is 3.41. The highest BCUT2D eigenvalue weighted by molar-refractivity contribution is 5.71. The molecule has 4 nitrogen and oxygen atoms in total. The van der Waals surface area contributed by atoms with E-state index in [2.05, 4.69) is 4.98 Å². The number of pyridine rings is 1. The lowest BCUT2D eigenvalue weighted by molar-refractivity contribution is -0.198. The second kappa shape index (κ2) is 4.82. The Hall–Kier alpha value is -1.79. The Morgan fingerprint density at radius 2 is 2.25 bits per heavy atom. The van der Waals surface area contributed by atoms with Crippen LogP contribution in [-0.4, -0.2) is 28.8 Å². The summed E-state index contributed by atoms with van der Waals surface area (Å²) in [6.45, 7) is -0.968. The van der Waals surface area contributed by atoms with E-state index >= 15 is 0 Å². The fourth-order valence-corrected chi connectivity index (χ4v) is 0.918. The van der Waals surface area contributed by atoms with Gasteiger partial charge in [0.05, 0.1) is 6.20 Å². The monoisotopic (exact) mass is 235 g/mol. The van der Waals surface area contributed by atoms with E-state index in [1.54, 1.807) is 0 Å². The van der Waals surface area contributed by atoms with E-state index in [0.29, 0.717) is 0 Å². The summed E-state index contributed by atoms with van der Waals surface area (Å²) in [5.41, 5.74) is 0. The van der Waals surface area contributed by atoms with Crippen LogP contribution in [0.4, 0.5) is 13.2 Å². The molecule has 0 radical (unpaired) electrons. The first-order chi connectivity index (χ1) is 7.41. The van der Waals surface area contributed by atoms with Gasteiger partial charge in [-0.1, -0.05) is 0 Å². The van der Waals surface area contributed by atoms with Crippen LogP contribution in [-0.2, 0) is 4.79 Å². The van der Waals surface area contributed by atoms with E-state index in [9.17, 15) is 18.0 Å². The van der Waals surface area contributed by atoms with Crippen molar-refractivity contribution in [1.82, 2.24) is 4.98 Å². The zero-order valence-corrected chi connectivity index (χ0v) is 7.94. The summed E-state index contributed by atoms with van der Waals surface area (Å²) in [5, 5.41) is 8.37. The third-order valence-corrected chi connectivity index (χ3v) is 1.74. The first-order valence-electron chi connectivity index (χ1n) is 4.23. The van der Waals surface area contributed by atoms with Gasteiger partial charge in [-0.15, -0.1) is 0 Å². The van der Waals surface area contributed by atoms with Crippen molar-refractivity contribution >= 4 is 5.97 Å². The number of ether oxygens (including phenoxy) is 1. The number of aromatic nitrogens is 1. The van der Waals surface area contributed by atoms with Gasteiger partial charge in [0.2, 0.25) is 0 Å². The van der Waals surface area contributed by atoms with Crippen LogP contribution in [0.2, 0.25) is 0 Å². The minimum absolute atomic E-state index is 0.0954. The standard InChI is InChI=1S/C9H8F3NO3/c10-9(11,12)7(8(14)15)5-16-6-2-1-3-13-4-6/h1-4,7H,5H2,(H,14,15). The fourth-order valence-electron chi connectivity index (χ4n) is 0.918. The van der Waals surface area contributed by atoms with Gasteiger partial charge in [-0.05, 0) is 12.1 Å². The zero-order chi connectivity index (χ0) is 12.2. The van der Waals surface area contributed by atoms with Crippen molar-refractivity contribution in [3.05, 3.63) is 24.5 Å². The smallest absolute Gasteiger partial charge is 0.405 e. The van der Waals surface area contributed by atoms with Crippen LogP contribution in [0.15, 0.2) is 24.5 Å². The van der Waals surface area contributed by atoms with Gasteiger partial charge in [0.15, 0.2) is 5.92 Å². The number of halogens is 3. The number of hydrogen-bond donors (Lipinski definition) is 1. The molecule has 1 aromatic heterocycles. The first kappa shape index (κ1) is 12.3. The quantitative estimate of drug-likeness (QED) is 0.863. The molecule has 1 heterocycles. The summed E-state index contributed by atoms with van der Waals surface area (Å²) in [7, 11) is 0. The molecular weight excluding hydrogens is 227 g/mol. The second-order valence-corrected chi connectivity index (χ2v) is 2.93. The molecule has 0 saturated heterocycles. The van der Waals surface area contributed by atoms with Crippen molar-refractivity contribution < 1.29 is 27.8 Å². The van der Waals surface area contributed by atoms with Crippen molar-refractivity contribution in [1.29, 1.82) is 0 Å². The van der Waals surface area contributed by atoms with Crippen molar-refractivity contribution in [3.63, 3.8) is 0 Å². The van der Waals surface area contributed by atoms with Gasteiger partial charge in [0.25, 0.3) is 0 Å². The van der Waals surface area contributed by atoms with Crippen LogP contribution in [0.5, 0.6) is 5.75 Å². The first-order valence-corrected chi connectivity index (χ1v) is 4.23. The molecule has 0 amide bonds. The lowest BCUT2D eigenvalue weighted by Gasteiger charge is -2.16. The van der Waals surface area contributed by atoms with Gasteiger partial charge in [-0.3, -0.25) is 9.78 Å². The average molecular weight is 235 g/mol. The molecule has 0 aliphatic carbocycles. The van der Waals surface area contributed by atoms with Crippen LogP contribution >= 0.6 is 0 Å². The SMILES string of the molecule is O=C(O)C(COc1cccnc1)C(F)(F)F. The van der Waals surface area contributed by atoms with E-state index in [4.69, 9.17) is 9.84 Å². The summed E-state index contributed by atoms with van der Waals surface area (Å²) in [4.78, 5) is 14.0. The minimum atomic E-state index is -4.83. The molecule has 1 N–H and O–H groups in total. The Morgan fingerprint density at radius 1 is 1.56 bits per heavy atom. The molecule has 7 heteroatoms. The van der Waals surface area contributed by atoms with Gasteiger partial charge >= 0.3 is 12.1 Å². The van der Waals surface area contributed by atoms with Gasteiger partial charge in [-0.2, -0.15) is 13.2 Å². The number of carboxylic acid groups (broad SMARTS) is 1. The summed E-state index contributed by atoms with van der Waals surface area (Å²) >= 11 is 0. The average Bonchev–Trinajstić information content (AvgIpc) is 2.17. The summed E-state index contributed by atoms with van der Waals surface area (Å²) in [5.74, 6) is -4.40. The van der Waals surface area contributed by atoms with E-state index in [0.717, 1.165) is 0 Å². The van der Waals surface area contributed by atoms with E-state index in [1.807, 2.05) is 0 Å². The van der Waals surface area contributed by atoms with Crippen molar-refractivity contribution in [3.8, 4) is 5.75 Å². The Morgan fingerprint density at radius 3 is 2.69 bits per heavy atom. The molecule has 0 fully saturated rings. The molecular formula is C9H8F3NO3. The predicted octanol–water partition coefficient (Wildman–Crippen LogP) is 1.72. The van der Waals surface area contributed by atoms with E-state index in [-0.39, 0.29) is 5.75 Å². The van der Waals surface area contributed by atoms with Crippen LogP contribution in [0.25, 0.3) is 0 Å². The highest BCUT2D eigenvalue weighted by Gasteiger charge is 2.45. The molecule has 0 aromatic carbocycles. The molecule has 1 atom stereocenters. The lowest BCUT2D eigenvalue weighted by atomic mass is 10.1. The van der Waals surface area contributed by atoms with Crippen LogP contribution in [0.1, 0.15) is 0 Å². The summed E-state index contributed by atoms with van der Waals surface area (Å²) in [6.07, 6.45) is -2.20. The number of nitrogens with zero attached hydrogens (tertiary/aromatic N) is 1. The largest absolute Gasteiger partial charge is 0.491 e. The van der Waals surface area contributed by atoms with Gasteiger partial charge < -0.3 is 9.84 Å². The second-order valence-electron chi connectivity index (χ2n) is 2.93. The van der Waals surface area contributed by atoms with Gasteiger partial charge in [0.1, 0.15) is 12.4 Å². The number of rotatable bonds is 4. The number of alkyl halides is 3. The molecule has 1 rings (SSSR count). The maximum Gasteiger partial charge on any atom is 0.405 e. The molecule has 0 saturated carbocycles. The molecule has 1 unspecified atom stereocenters. The zero-order valence-electron chi connectivity index (χ0n) is 7.94. The highest BCUT2D eigenvalue weighted by Crippen LogP contribution is 2.27. The van der Waals surface area contributed by atoms with Crippen LogP contribution in [0, 0.1) is 5.92 Å². The van der Waals surface area contributed by atoms with Gasteiger partial charge in [0, 0.05) is 6.20 Å². The Labute approximate surface area is 88.7 Å². The minimum Gasteiger partial charge on any atom is -0.491 e. The summed E-state index contributed by atoms with van der Waals surface area (Å²) < 4.78 is 41.3. The van der Waals surface area contributed by atoms with Crippen molar-refractivity contribution in [2.45, 2.75) is 6.18 Å². The molecule has 16 heavy (non-hydrogen) atoms. The molecule has 0 aliphatic rings. The topological polar surface area (TPSA) is 59.4 Å². The molecule has 0 spiro atoms. The Balaban J connectivity index is 2.62. The highest BCUT2D eigenvalue weighted by atomic mass is 19.4. The number of carbonyl (C=O) groups is 1. The van der Waals surface area contributed by atoms with Crippen molar-refractivity contribution in [2.75, 3.05) is 6.61 Å². The number of aliphatic carboxylic acids is 1. The normalized spacial score (nSPS) is 13.2. The van der Waals surface area contributed by atoms with Crippen LogP contribution < -0.4 is 4.74 Å². The molecule has 0 aliphatic heterocycles. The summed E-state index contributed by atoms with van der Waals surface area (Å²) in [6, 6.07) is 2.86. The van der Waals surface area contributed by atoms with Crippen molar-refractivity contribution in [2.24, 2.45) is 5.92 Å². The predicted molar refractivity (Wildman–Crippen MR) is 46.9 cm³/mol. The Bertz CT molecular complexity index is 353. The molecule has 1 aromatic rings. The number of carboxylic acids is 1. The van der Waals surface area contributed by atoms with Crippen LogP contribution in [0.3, 0.4) is 0 Å². The van der Waals surface area contributed by atoms with E-state index in [1.165, 1.54) is 24.5 Å². The molecule has 0 bridgehead atoms. The van der Waals surface area contributed by atoms with Gasteiger partial charge in [-0.25, -0.2) is 0 Å². The lowest BCUT2D eigenvalue weighted by Crippen LogP contribution is -2.35.